The lowest BCUT2D eigenvalue weighted by molar-refractivity contribution is -0.386. The first-order valence-corrected chi connectivity index (χ1v) is 19.3. The SMILES string of the molecule is C#CCCNC(=O)CCCCCC(C)(C)OCCC(C)(C)OCCCNC(=O)CCCOc1cc([N+](=O)[O-])c(C(C)OC(=O)Oc2ccc([N+](=O)[O-])cc2)cc1OC. The van der Waals surface area contributed by atoms with E-state index >= 15 is 0 Å². The van der Waals surface area contributed by atoms with Crippen molar-refractivity contribution in [2.75, 3.05) is 40.0 Å². The number of amides is 2. The molecule has 0 heterocycles. The summed E-state index contributed by atoms with van der Waals surface area (Å²) in [4.78, 5) is 58.1. The Labute approximate surface area is 340 Å². The summed E-state index contributed by atoms with van der Waals surface area (Å²) in [7, 11) is 1.35. The van der Waals surface area contributed by atoms with E-state index in [1.54, 1.807) is 0 Å². The molecular weight excluding hydrogens is 756 g/mol. The maximum atomic E-state index is 12.4. The van der Waals surface area contributed by atoms with Gasteiger partial charge in [0.2, 0.25) is 11.8 Å². The molecule has 0 aliphatic rings. The number of ether oxygens (including phenoxy) is 6. The lowest BCUT2D eigenvalue weighted by Crippen LogP contribution is -2.32. The molecule has 0 saturated carbocycles. The maximum absolute atomic E-state index is 12.4. The number of nitrogens with one attached hydrogen (secondary N) is 2. The second kappa shape index (κ2) is 25.0. The van der Waals surface area contributed by atoms with Crippen molar-refractivity contribution in [3.8, 4) is 29.6 Å². The molecule has 1 atom stereocenters. The number of nitro benzene ring substituents is 2. The molecule has 0 bridgehead atoms. The number of benzene rings is 2. The van der Waals surface area contributed by atoms with Gasteiger partial charge in [-0.1, -0.05) is 12.8 Å². The average molecular weight is 815 g/mol. The second-order valence-electron chi connectivity index (χ2n) is 14.7. The summed E-state index contributed by atoms with van der Waals surface area (Å²) >= 11 is 0. The van der Waals surface area contributed by atoms with E-state index in [4.69, 9.17) is 34.8 Å². The van der Waals surface area contributed by atoms with Crippen molar-refractivity contribution in [3.63, 3.8) is 0 Å². The summed E-state index contributed by atoms with van der Waals surface area (Å²) < 4.78 is 33.6. The van der Waals surface area contributed by atoms with Crippen LogP contribution in [0.3, 0.4) is 0 Å². The molecule has 17 nitrogen and oxygen atoms in total. The molecule has 2 aromatic rings. The van der Waals surface area contributed by atoms with Gasteiger partial charge in [0.05, 0.1) is 53.0 Å². The molecule has 0 radical (unpaired) electrons. The molecule has 2 N–H and O–H groups in total. The van der Waals surface area contributed by atoms with E-state index in [0.717, 1.165) is 43.9 Å². The lowest BCUT2D eigenvalue weighted by atomic mass is 9.99. The van der Waals surface area contributed by atoms with Crippen LogP contribution in [0.15, 0.2) is 36.4 Å². The molecule has 2 aromatic carbocycles. The predicted molar refractivity (Wildman–Crippen MR) is 215 cm³/mol. The topological polar surface area (TPSA) is 217 Å². The lowest BCUT2D eigenvalue weighted by Gasteiger charge is -2.30. The number of rotatable bonds is 28. The zero-order valence-corrected chi connectivity index (χ0v) is 34.4. The summed E-state index contributed by atoms with van der Waals surface area (Å²) in [6.07, 6.45) is 9.33. The molecule has 0 aliphatic carbocycles. The average Bonchev–Trinajstić information content (AvgIpc) is 3.15. The molecule has 17 heteroatoms. The van der Waals surface area contributed by atoms with Gasteiger partial charge in [0.1, 0.15) is 11.9 Å². The Hall–Kier alpha value is -5.47. The first-order chi connectivity index (χ1) is 27.5. The zero-order chi connectivity index (χ0) is 43.1. The van der Waals surface area contributed by atoms with Crippen LogP contribution in [0.2, 0.25) is 0 Å². The molecule has 0 spiro atoms. The highest BCUT2D eigenvalue weighted by atomic mass is 16.7. The van der Waals surface area contributed by atoms with E-state index in [2.05, 4.69) is 30.4 Å². The molecule has 2 amide bonds. The largest absolute Gasteiger partial charge is 0.514 e. The van der Waals surface area contributed by atoms with E-state index in [-0.39, 0.29) is 58.9 Å². The minimum absolute atomic E-state index is 0.00868. The number of unbranched alkanes of at least 4 members (excludes halogenated alkanes) is 2. The van der Waals surface area contributed by atoms with Gasteiger partial charge >= 0.3 is 6.16 Å². The van der Waals surface area contributed by atoms with Crippen molar-refractivity contribution in [1.29, 1.82) is 0 Å². The molecule has 320 valence electrons. The standard InChI is InChI=1S/C41H58N4O13/c1-8-9-23-42-37(46)15-11-10-12-21-40(3,4)56-27-22-41(5,6)55-26-14-24-43-38(47)16-13-25-54-36-29-34(45(51)52)33(28-35(36)53-7)30(2)57-39(48)58-32-19-17-31(18-20-32)44(49)50/h1,17-20,28-30H,9-16,21-27H2,2-7H3,(H,42,46)(H,43,47). The number of methoxy groups -OCH3 is 1. The molecule has 58 heavy (non-hydrogen) atoms. The number of nitro groups is 2. The number of nitrogens with zero attached hydrogens (tertiary/aromatic N) is 2. The zero-order valence-electron chi connectivity index (χ0n) is 34.4. The highest BCUT2D eigenvalue weighted by Gasteiger charge is 2.27. The quantitative estimate of drug-likeness (QED) is 0.0212. The third-order valence-corrected chi connectivity index (χ3v) is 8.88. The monoisotopic (exact) mass is 814 g/mol. The van der Waals surface area contributed by atoms with Crippen molar-refractivity contribution in [2.45, 2.75) is 116 Å². The maximum Gasteiger partial charge on any atom is 0.514 e. The number of carbonyl (C=O) groups is 3. The smallest absolute Gasteiger partial charge is 0.493 e. The summed E-state index contributed by atoms with van der Waals surface area (Å²) in [5.74, 6) is 2.55. The van der Waals surface area contributed by atoms with Gasteiger partial charge < -0.3 is 39.1 Å². The number of hydrogen-bond donors (Lipinski definition) is 2. The normalized spacial score (nSPS) is 11.8. The number of hydrogen-bond acceptors (Lipinski definition) is 13. The van der Waals surface area contributed by atoms with Gasteiger partial charge in [0, 0.05) is 51.1 Å². The molecule has 0 aromatic heterocycles. The summed E-state index contributed by atoms with van der Waals surface area (Å²) in [6.45, 7) is 11.6. The Kier molecular flexibility index (Phi) is 21.0. The van der Waals surface area contributed by atoms with Crippen LogP contribution in [0, 0.1) is 32.6 Å². The van der Waals surface area contributed by atoms with Crippen molar-refractivity contribution in [2.24, 2.45) is 0 Å². The Morgan fingerprint density at radius 1 is 0.793 bits per heavy atom. The fourth-order valence-electron chi connectivity index (χ4n) is 5.53. The van der Waals surface area contributed by atoms with Gasteiger partial charge in [0.15, 0.2) is 11.5 Å². The summed E-state index contributed by atoms with van der Waals surface area (Å²) in [6, 6.07) is 7.20. The number of terminal acetylenes is 1. The molecule has 2 rings (SSSR count). The van der Waals surface area contributed by atoms with Crippen LogP contribution < -0.4 is 24.8 Å². The van der Waals surface area contributed by atoms with Crippen molar-refractivity contribution >= 4 is 29.3 Å². The van der Waals surface area contributed by atoms with Crippen LogP contribution in [-0.2, 0) is 23.8 Å². The van der Waals surface area contributed by atoms with Gasteiger partial charge in [-0.15, -0.1) is 12.3 Å². The first kappa shape index (κ1) is 48.7. The van der Waals surface area contributed by atoms with Gasteiger partial charge in [0.25, 0.3) is 11.4 Å². The van der Waals surface area contributed by atoms with Gasteiger partial charge in [-0.25, -0.2) is 4.79 Å². The van der Waals surface area contributed by atoms with Gasteiger partial charge in [-0.05, 0) is 84.9 Å². The van der Waals surface area contributed by atoms with Gasteiger partial charge in [-0.2, -0.15) is 0 Å². The van der Waals surface area contributed by atoms with Crippen LogP contribution in [0.1, 0.15) is 110 Å². The second-order valence-corrected chi connectivity index (χ2v) is 14.7. The molecule has 0 fully saturated rings. The van der Waals surface area contributed by atoms with E-state index in [0.29, 0.717) is 58.4 Å². The predicted octanol–water partition coefficient (Wildman–Crippen LogP) is 7.52. The van der Waals surface area contributed by atoms with E-state index in [1.807, 2.05) is 13.8 Å². The third-order valence-electron chi connectivity index (χ3n) is 8.88. The molecular formula is C41H58N4O13. The Balaban J connectivity index is 1.68. The minimum atomic E-state index is -1.18. The summed E-state index contributed by atoms with van der Waals surface area (Å²) in [5, 5.41) is 28.4. The number of non-ortho nitro benzene ring substituents is 1. The fraction of sp³-hybridized carbons (Fsp3) is 0.585. The van der Waals surface area contributed by atoms with Crippen molar-refractivity contribution < 1.29 is 52.7 Å². The Bertz CT molecular complexity index is 1690. The Morgan fingerprint density at radius 2 is 1.43 bits per heavy atom. The summed E-state index contributed by atoms with van der Waals surface area (Å²) in [5.41, 5.74) is -1.28. The van der Waals surface area contributed by atoms with Crippen LogP contribution in [0.25, 0.3) is 0 Å². The Morgan fingerprint density at radius 3 is 2.07 bits per heavy atom. The third kappa shape index (κ3) is 19.1. The number of carbonyl (C=O) groups excluding carboxylic acids is 3. The highest BCUT2D eigenvalue weighted by Crippen LogP contribution is 2.39. The van der Waals surface area contributed by atoms with Crippen LogP contribution in [-0.4, -0.2) is 79.0 Å². The van der Waals surface area contributed by atoms with E-state index < -0.39 is 33.4 Å². The van der Waals surface area contributed by atoms with E-state index in [1.165, 1.54) is 32.2 Å². The van der Waals surface area contributed by atoms with Crippen molar-refractivity contribution in [1.82, 2.24) is 10.6 Å². The van der Waals surface area contributed by atoms with Gasteiger partial charge in [-0.3, -0.25) is 29.8 Å². The minimum Gasteiger partial charge on any atom is -0.493 e. The molecule has 1 unspecified atom stereocenters. The van der Waals surface area contributed by atoms with E-state index in [9.17, 15) is 34.6 Å². The molecule has 0 aliphatic heterocycles. The van der Waals surface area contributed by atoms with Crippen LogP contribution in [0.4, 0.5) is 16.2 Å². The van der Waals surface area contributed by atoms with Crippen LogP contribution >= 0.6 is 0 Å². The fourth-order valence-corrected chi connectivity index (χ4v) is 5.53. The van der Waals surface area contributed by atoms with Crippen LogP contribution in [0.5, 0.6) is 17.2 Å². The first-order valence-electron chi connectivity index (χ1n) is 19.3. The highest BCUT2D eigenvalue weighted by molar-refractivity contribution is 5.76. The molecule has 0 saturated heterocycles. The van der Waals surface area contributed by atoms with Crippen molar-refractivity contribution in [3.05, 3.63) is 62.2 Å².